The van der Waals surface area contributed by atoms with Crippen LogP contribution in [0.5, 0.6) is 5.75 Å². The first-order chi connectivity index (χ1) is 8.40. The van der Waals surface area contributed by atoms with E-state index < -0.39 is 0 Å². The van der Waals surface area contributed by atoms with Crippen LogP contribution in [0.4, 0.5) is 0 Å². The lowest BCUT2D eigenvalue weighted by atomic mass is 9.93. The lowest BCUT2D eigenvalue weighted by Gasteiger charge is -2.30. The van der Waals surface area contributed by atoms with Crippen molar-refractivity contribution in [2.45, 2.75) is 58.7 Å². The quantitative estimate of drug-likeness (QED) is 0.870. The molecule has 0 bridgehead atoms. The summed E-state index contributed by atoms with van der Waals surface area (Å²) in [6.45, 7) is 11.1. The number of hydrogen-bond acceptors (Lipinski definition) is 2. The summed E-state index contributed by atoms with van der Waals surface area (Å²) < 4.78 is 6.05. The van der Waals surface area contributed by atoms with Crippen molar-refractivity contribution in [3.8, 4) is 5.75 Å². The van der Waals surface area contributed by atoms with Gasteiger partial charge in [0, 0.05) is 11.6 Å². The number of fused-ring (bicyclic) bond motifs is 1. The second-order valence-electron chi connectivity index (χ2n) is 6.37. The van der Waals surface area contributed by atoms with E-state index in [0.717, 1.165) is 5.75 Å². The molecule has 2 rings (SSSR count). The third-order valence-corrected chi connectivity index (χ3v) is 3.57. The zero-order chi connectivity index (χ0) is 13.3. The van der Waals surface area contributed by atoms with Gasteiger partial charge < -0.3 is 10.1 Å². The van der Waals surface area contributed by atoms with Gasteiger partial charge in [-0.3, -0.25) is 0 Å². The Balaban J connectivity index is 2.16. The predicted molar refractivity (Wildman–Crippen MR) is 75.9 cm³/mol. The highest BCUT2D eigenvalue weighted by atomic mass is 16.5. The molecule has 1 heterocycles. The van der Waals surface area contributed by atoms with E-state index in [4.69, 9.17) is 4.74 Å². The fourth-order valence-electron chi connectivity index (χ4n) is 2.88. The third-order valence-electron chi connectivity index (χ3n) is 3.57. The van der Waals surface area contributed by atoms with Crippen molar-refractivity contribution in [1.29, 1.82) is 0 Å². The molecule has 1 aromatic rings. The Morgan fingerprint density at radius 2 is 1.89 bits per heavy atom. The summed E-state index contributed by atoms with van der Waals surface area (Å²) >= 11 is 0. The van der Waals surface area contributed by atoms with Crippen LogP contribution in [0.25, 0.3) is 0 Å². The molecule has 100 valence electrons. The lowest BCUT2D eigenvalue weighted by Crippen LogP contribution is -2.43. The third kappa shape index (κ3) is 2.69. The van der Waals surface area contributed by atoms with Crippen LogP contribution in [0.3, 0.4) is 0 Å². The maximum atomic E-state index is 6.05. The fraction of sp³-hybridized carbons (Fsp3) is 0.625. The largest absolute Gasteiger partial charge is 0.486 e. The van der Waals surface area contributed by atoms with Gasteiger partial charge in [-0.1, -0.05) is 32.0 Å². The van der Waals surface area contributed by atoms with Crippen molar-refractivity contribution < 1.29 is 4.74 Å². The molecular formula is C16H25NO. The number of hydrogen-bond donors (Lipinski definition) is 1. The van der Waals surface area contributed by atoms with Gasteiger partial charge in [-0.25, -0.2) is 0 Å². The zero-order valence-corrected chi connectivity index (χ0v) is 12.2. The van der Waals surface area contributed by atoms with Crippen LogP contribution in [0.1, 0.15) is 52.6 Å². The van der Waals surface area contributed by atoms with Crippen LogP contribution >= 0.6 is 0 Å². The summed E-state index contributed by atoms with van der Waals surface area (Å²) in [5.41, 5.74) is 1.12. The van der Waals surface area contributed by atoms with Crippen molar-refractivity contribution in [3.05, 3.63) is 29.8 Å². The molecule has 0 aliphatic carbocycles. The van der Waals surface area contributed by atoms with Crippen LogP contribution in [0.15, 0.2) is 24.3 Å². The summed E-state index contributed by atoms with van der Waals surface area (Å²) in [6.07, 6.45) is 1.19. The van der Waals surface area contributed by atoms with E-state index in [1.165, 1.54) is 12.0 Å². The molecule has 1 N–H and O–H groups in total. The van der Waals surface area contributed by atoms with Gasteiger partial charge in [0.15, 0.2) is 0 Å². The first-order valence-corrected chi connectivity index (χ1v) is 6.94. The highest BCUT2D eigenvalue weighted by Crippen LogP contribution is 2.43. The van der Waals surface area contributed by atoms with Crippen LogP contribution in [-0.4, -0.2) is 11.6 Å². The summed E-state index contributed by atoms with van der Waals surface area (Å²) in [5.74, 6) is 1.74. The molecule has 1 aliphatic rings. The van der Waals surface area contributed by atoms with Gasteiger partial charge in [-0.2, -0.15) is 0 Å². The maximum absolute atomic E-state index is 6.05. The standard InChI is InChI=1S/C16H25NO/c1-11(2)10-12(3)17-15-13-8-6-7-9-14(13)18-16(15,4)5/h6-9,11-12,15,17H,10H2,1-5H3. The minimum Gasteiger partial charge on any atom is -0.486 e. The molecule has 0 amide bonds. The molecule has 0 saturated carbocycles. The Kier molecular flexibility index (Phi) is 3.67. The predicted octanol–water partition coefficient (Wildman–Crippen LogP) is 3.92. The van der Waals surface area contributed by atoms with Crippen LogP contribution < -0.4 is 10.1 Å². The molecule has 0 radical (unpaired) electrons. The highest BCUT2D eigenvalue weighted by Gasteiger charge is 2.41. The first kappa shape index (κ1) is 13.4. The summed E-state index contributed by atoms with van der Waals surface area (Å²) in [7, 11) is 0. The van der Waals surface area contributed by atoms with Gasteiger partial charge in [0.1, 0.15) is 11.4 Å². The van der Waals surface area contributed by atoms with E-state index >= 15 is 0 Å². The van der Waals surface area contributed by atoms with Gasteiger partial charge >= 0.3 is 0 Å². The van der Waals surface area contributed by atoms with Gasteiger partial charge in [-0.05, 0) is 39.2 Å². The number of para-hydroxylation sites is 1. The minimum absolute atomic E-state index is 0.172. The van der Waals surface area contributed by atoms with Crippen molar-refractivity contribution in [2.24, 2.45) is 5.92 Å². The zero-order valence-electron chi connectivity index (χ0n) is 12.2. The number of ether oxygens (including phenoxy) is 1. The second kappa shape index (κ2) is 4.93. The summed E-state index contributed by atoms with van der Waals surface area (Å²) in [4.78, 5) is 0. The van der Waals surface area contributed by atoms with Gasteiger partial charge in [0.25, 0.3) is 0 Å². The minimum atomic E-state index is -0.172. The van der Waals surface area contributed by atoms with Crippen molar-refractivity contribution >= 4 is 0 Å². The fourth-order valence-corrected chi connectivity index (χ4v) is 2.88. The molecule has 1 aliphatic heterocycles. The normalized spacial score (nSPS) is 22.7. The number of benzene rings is 1. The van der Waals surface area contributed by atoms with Crippen molar-refractivity contribution in [2.75, 3.05) is 0 Å². The smallest absolute Gasteiger partial charge is 0.125 e. The number of rotatable bonds is 4. The highest BCUT2D eigenvalue weighted by molar-refractivity contribution is 5.42. The Morgan fingerprint density at radius 3 is 2.56 bits per heavy atom. The Bertz CT molecular complexity index is 411. The van der Waals surface area contributed by atoms with E-state index in [2.05, 4.69) is 58.1 Å². The van der Waals surface area contributed by atoms with Gasteiger partial charge in [-0.15, -0.1) is 0 Å². The van der Waals surface area contributed by atoms with Crippen LogP contribution in [0.2, 0.25) is 0 Å². The van der Waals surface area contributed by atoms with Crippen molar-refractivity contribution in [3.63, 3.8) is 0 Å². The molecule has 2 unspecified atom stereocenters. The summed E-state index contributed by atoms with van der Waals surface area (Å²) in [5, 5.41) is 3.73. The molecule has 1 aromatic carbocycles. The molecule has 0 spiro atoms. The van der Waals surface area contributed by atoms with Gasteiger partial charge in [0.05, 0.1) is 6.04 Å². The van der Waals surface area contributed by atoms with E-state index in [9.17, 15) is 0 Å². The average Bonchev–Trinajstić information content (AvgIpc) is 2.49. The molecule has 18 heavy (non-hydrogen) atoms. The summed E-state index contributed by atoms with van der Waals surface area (Å²) in [6, 6.07) is 9.14. The van der Waals surface area contributed by atoms with Crippen molar-refractivity contribution in [1.82, 2.24) is 5.32 Å². The van der Waals surface area contributed by atoms with Crippen LogP contribution in [-0.2, 0) is 0 Å². The van der Waals surface area contributed by atoms with E-state index in [-0.39, 0.29) is 11.6 Å². The average molecular weight is 247 g/mol. The maximum Gasteiger partial charge on any atom is 0.125 e. The van der Waals surface area contributed by atoms with Crippen LogP contribution in [0, 0.1) is 5.92 Å². The Hall–Kier alpha value is -1.02. The Morgan fingerprint density at radius 1 is 1.22 bits per heavy atom. The topological polar surface area (TPSA) is 21.3 Å². The molecule has 0 aromatic heterocycles. The molecule has 2 atom stereocenters. The molecule has 0 saturated heterocycles. The van der Waals surface area contributed by atoms with E-state index in [1.807, 2.05) is 6.07 Å². The molecular weight excluding hydrogens is 222 g/mol. The molecule has 0 fully saturated rings. The first-order valence-electron chi connectivity index (χ1n) is 6.94. The van der Waals surface area contributed by atoms with E-state index in [0.29, 0.717) is 12.0 Å². The number of nitrogens with one attached hydrogen (secondary N) is 1. The molecule has 2 heteroatoms. The SMILES string of the molecule is CC(C)CC(C)NC1c2ccccc2OC1(C)C. The van der Waals surface area contributed by atoms with Gasteiger partial charge in [0.2, 0.25) is 0 Å². The molecule has 2 nitrogen and oxygen atoms in total. The lowest BCUT2D eigenvalue weighted by molar-refractivity contribution is 0.0905. The van der Waals surface area contributed by atoms with E-state index in [1.54, 1.807) is 0 Å². The second-order valence-corrected chi connectivity index (χ2v) is 6.37. The monoisotopic (exact) mass is 247 g/mol. The Labute approximate surface area is 111 Å².